The topological polar surface area (TPSA) is 49.7 Å². The first-order chi connectivity index (χ1) is 11.0. The molecule has 0 N–H and O–H groups in total. The van der Waals surface area contributed by atoms with Crippen LogP contribution >= 0.6 is 11.6 Å². The molecule has 0 saturated carbocycles. The second-order valence-corrected chi connectivity index (χ2v) is 6.40. The van der Waals surface area contributed by atoms with Crippen molar-refractivity contribution in [1.82, 2.24) is 5.01 Å². The summed E-state index contributed by atoms with van der Waals surface area (Å²) in [5.41, 5.74) is 1.15. The van der Waals surface area contributed by atoms with Gasteiger partial charge in [0, 0.05) is 16.3 Å². The maximum absolute atomic E-state index is 12.5. The molecule has 1 atom stereocenters. The van der Waals surface area contributed by atoms with E-state index in [9.17, 15) is 9.59 Å². The molecule has 0 aliphatic carbocycles. The molecular formula is C18H23ClN2O2. The first kappa shape index (κ1) is 17.7. The minimum atomic E-state index is -0.389. The van der Waals surface area contributed by atoms with Crippen molar-refractivity contribution in [2.75, 3.05) is 0 Å². The number of hydrogen-bond donors (Lipinski definition) is 0. The maximum atomic E-state index is 12.5. The van der Waals surface area contributed by atoms with Crippen LogP contribution in [0.15, 0.2) is 29.4 Å². The van der Waals surface area contributed by atoms with Crippen LogP contribution in [0.3, 0.4) is 0 Å². The summed E-state index contributed by atoms with van der Waals surface area (Å²) in [4.78, 5) is 24.9. The molecule has 1 aliphatic rings. The molecule has 23 heavy (non-hydrogen) atoms. The van der Waals surface area contributed by atoms with Crippen LogP contribution in [0.5, 0.6) is 0 Å². The van der Waals surface area contributed by atoms with Crippen LogP contribution in [0, 0.1) is 5.92 Å². The Morgan fingerprint density at radius 1 is 1.17 bits per heavy atom. The average Bonchev–Trinajstić information content (AvgIpc) is 2.82. The Morgan fingerprint density at radius 3 is 2.48 bits per heavy atom. The number of rotatable bonds is 7. The molecule has 0 spiro atoms. The Bertz CT molecular complexity index is 596. The Kier molecular flexibility index (Phi) is 6.34. The van der Waals surface area contributed by atoms with E-state index in [0.717, 1.165) is 30.0 Å². The summed E-state index contributed by atoms with van der Waals surface area (Å²) in [7, 11) is 0. The SMILES string of the molecule is CCCCCCC[C@H]1C(=O)N(C(=O)c2ccc(Cl)cc2)N=C1C. The lowest BCUT2D eigenvalue weighted by atomic mass is 9.96. The minimum absolute atomic E-state index is 0.210. The fraction of sp³-hybridized carbons (Fsp3) is 0.500. The summed E-state index contributed by atoms with van der Waals surface area (Å²) < 4.78 is 0. The number of hydrazone groups is 1. The van der Waals surface area contributed by atoms with Crippen LogP contribution in [-0.4, -0.2) is 22.5 Å². The predicted octanol–water partition coefficient (Wildman–Crippen LogP) is 4.68. The van der Waals surface area contributed by atoms with Gasteiger partial charge in [-0.05, 0) is 37.6 Å². The van der Waals surface area contributed by atoms with Crippen LogP contribution in [0.4, 0.5) is 0 Å². The zero-order valence-corrected chi connectivity index (χ0v) is 14.5. The molecule has 0 aromatic heterocycles. The highest BCUT2D eigenvalue weighted by Gasteiger charge is 2.36. The average molecular weight is 335 g/mol. The molecular weight excluding hydrogens is 312 g/mol. The van der Waals surface area contributed by atoms with Gasteiger partial charge in [-0.3, -0.25) is 9.59 Å². The van der Waals surface area contributed by atoms with E-state index in [2.05, 4.69) is 12.0 Å². The highest BCUT2D eigenvalue weighted by molar-refractivity contribution is 6.30. The Balaban J connectivity index is 1.96. The zero-order chi connectivity index (χ0) is 16.8. The number of benzene rings is 1. The van der Waals surface area contributed by atoms with Gasteiger partial charge in [0.15, 0.2) is 0 Å². The van der Waals surface area contributed by atoms with Crippen molar-refractivity contribution < 1.29 is 9.59 Å². The molecule has 0 fully saturated rings. The number of amides is 2. The summed E-state index contributed by atoms with van der Waals surface area (Å²) in [6.45, 7) is 4.00. The van der Waals surface area contributed by atoms with Crippen molar-refractivity contribution in [3.8, 4) is 0 Å². The van der Waals surface area contributed by atoms with E-state index >= 15 is 0 Å². The number of halogens is 1. The highest BCUT2D eigenvalue weighted by Crippen LogP contribution is 2.24. The number of imide groups is 1. The van der Waals surface area contributed by atoms with Crippen LogP contribution in [-0.2, 0) is 4.79 Å². The lowest BCUT2D eigenvalue weighted by Gasteiger charge is -2.13. The van der Waals surface area contributed by atoms with E-state index in [1.54, 1.807) is 24.3 Å². The highest BCUT2D eigenvalue weighted by atomic mass is 35.5. The lowest BCUT2D eigenvalue weighted by molar-refractivity contribution is -0.129. The zero-order valence-electron chi connectivity index (χ0n) is 13.7. The summed E-state index contributed by atoms with van der Waals surface area (Å²) >= 11 is 5.82. The summed E-state index contributed by atoms with van der Waals surface area (Å²) in [5.74, 6) is -0.856. The normalized spacial score (nSPS) is 17.5. The smallest absolute Gasteiger partial charge is 0.272 e. The van der Waals surface area contributed by atoms with Crippen molar-refractivity contribution in [3.63, 3.8) is 0 Å². The molecule has 4 nitrogen and oxygen atoms in total. The van der Waals surface area contributed by atoms with Gasteiger partial charge in [-0.1, -0.05) is 50.6 Å². The number of carbonyl (C=O) groups is 2. The van der Waals surface area contributed by atoms with Gasteiger partial charge in [0.2, 0.25) is 0 Å². The Hall–Kier alpha value is -1.68. The molecule has 0 radical (unpaired) electrons. The third-order valence-corrected chi connectivity index (χ3v) is 4.40. The summed E-state index contributed by atoms with van der Waals surface area (Å²) in [6, 6.07) is 6.50. The predicted molar refractivity (Wildman–Crippen MR) is 92.6 cm³/mol. The van der Waals surface area contributed by atoms with Crippen molar-refractivity contribution >= 4 is 29.1 Å². The van der Waals surface area contributed by atoms with E-state index in [0.29, 0.717) is 10.6 Å². The van der Waals surface area contributed by atoms with Crippen molar-refractivity contribution in [1.29, 1.82) is 0 Å². The molecule has 124 valence electrons. The van der Waals surface area contributed by atoms with E-state index < -0.39 is 0 Å². The molecule has 2 amide bonds. The standard InChI is InChI=1S/C18H23ClN2O2/c1-3-4-5-6-7-8-16-13(2)20-21(18(16)23)17(22)14-9-11-15(19)12-10-14/h9-12,16H,3-8H2,1-2H3/t16-/m1/s1. The first-order valence-corrected chi connectivity index (χ1v) is 8.61. The van der Waals surface area contributed by atoms with Crippen LogP contribution < -0.4 is 0 Å². The van der Waals surface area contributed by atoms with Gasteiger partial charge in [-0.25, -0.2) is 0 Å². The number of hydrogen-bond acceptors (Lipinski definition) is 3. The first-order valence-electron chi connectivity index (χ1n) is 8.23. The molecule has 1 heterocycles. The largest absolute Gasteiger partial charge is 0.281 e. The lowest BCUT2D eigenvalue weighted by Crippen LogP contribution is -2.32. The van der Waals surface area contributed by atoms with E-state index in [-0.39, 0.29) is 17.7 Å². The van der Waals surface area contributed by atoms with E-state index in [1.165, 1.54) is 19.3 Å². The van der Waals surface area contributed by atoms with Gasteiger partial charge in [0.05, 0.1) is 5.92 Å². The van der Waals surface area contributed by atoms with Gasteiger partial charge in [-0.15, -0.1) is 0 Å². The van der Waals surface area contributed by atoms with Gasteiger partial charge >= 0.3 is 0 Å². The van der Waals surface area contributed by atoms with Crippen LogP contribution in [0.25, 0.3) is 0 Å². The molecule has 1 aromatic rings. The monoisotopic (exact) mass is 334 g/mol. The minimum Gasteiger partial charge on any atom is -0.272 e. The summed E-state index contributed by atoms with van der Waals surface area (Å²) in [5, 5.41) is 5.75. The van der Waals surface area contributed by atoms with Crippen molar-refractivity contribution in [2.45, 2.75) is 52.4 Å². The Morgan fingerprint density at radius 2 is 1.83 bits per heavy atom. The maximum Gasteiger partial charge on any atom is 0.281 e. The summed E-state index contributed by atoms with van der Waals surface area (Å²) in [6.07, 6.45) is 6.50. The molecule has 0 bridgehead atoms. The van der Waals surface area contributed by atoms with Crippen LogP contribution in [0.1, 0.15) is 62.7 Å². The van der Waals surface area contributed by atoms with Crippen molar-refractivity contribution in [3.05, 3.63) is 34.9 Å². The number of nitrogens with zero attached hydrogens (tertiary/aromatic N) is 2. The second-order valence-electron chi connectivity index (χ2n) is 5.96. The molecule has 1 aromatic carbocycles. The van der Waals surface area contributed by atoms with Gasteiger partial charge < -0.3 is 0 Å². The second kappa shape index (κ2) is 8.25. The molecule has 0 unspecified atom stereocenters. The molecule has 5 heteroatoms. The molecule has 1 aliphatic heterocycles. The molecule has 2 rings (SSSR count). The van der Waals surface area contributed by atoms with E-state index in [1.807, 2.05) is 6.92 Å². The quantitative estimate of drug-likeness (QED) is 0.537. The fourth-order valence-electron chi connectivity index (χ4n) is 2.75. The van der Waals surface area contributed by atoms with Gasteiger partial charge in [-0.2, -0.15) is 10.1 Å². The molecule has 0 saturated heterocycles. The third-order valence-electron chi connectivity index (χ3n) is 4.15. The van der Waals surface area contributed by atoms with Crippen LogP contribution in [0.2, 0.25) is 5.02 Å². The van der Waals surface area contributed by atoms with Gasteiger partial charge in [0.1, 0.15) is 0 Å². The van der Waals surface area contributed by atoms with Crippen molar-refractivity contribution in [2.24, 2.45) is 11.0 Å². The fourth-order valence-corrected chi connectivity index (χ4v) is 2.87. The third kappa shape index (κ3) is 4.41. The van der Waals surface area contributed by atoms with E-state index in [4.69, 9.17) is 11.6 Å². The number of unbranched alkanes of at least 4 members (excludes halogenated alkanes) is 4. The van der Waals surface area contributed by atoms with Gasteiger partial charge in [0.25, 0.3) is 11.8 Å². The Labute approximate surface area is 142 Å². The number of carbonyl (C=O) groups excluding carboxylic acids is 2.